The van der Waals surface area contributed by atoms with Gasteiger partial charge in [0.25, 0.3) is 11.8 Å². The average molecular weight is 992 g/mol. The van der Waals surface area contributed by atoms with Gasteiger partial charge in [-0.15, -0.1) is 5.06 Å². The molecule has 0 aromatic heterocycles. The number of amides is 2. The Morgan fingerprint density at radius 1 is 0.441 bits per heavy atom. The maximum Gasteiger partial charge on any atom is 0.333 e. The molecule has 1 fully saturated rings. The second kappa shape index (κ2) is 44.5. The quantitative estimate of drug-likeness (QED) is 0.0467. The van der Waals surface area contributed by atoms with E-state index in [2.05, 4.69) is 0 Å². The SMILES string of the molecule is CCOCC(COCC(OCCOC)OCC(OCCOC)OCC(OCCOC)OCC(COCC(COCC(=O)CCCC(=O)ON1C(=O)CCC1=O)OCC)OCCOC)OCCOC. The number of hydroxylamine groups is 2. The summed E-state index contributed by atoms with van der Waals surface area (Å²) in [5, 5.41) is 0.479. The lowest BCUT2D eigenvalue weighted by Crippen LogP contribution is -2.37. The van der Waals surface area contributed by atoms with E-state index in [1.165, 1.54) is 0 Å². The molecule has 0 aromatic carbocycles. The fourth-order valence-corrected chi connectivity index (χ4v) is 5.56. The minimum absolute atomic E-state index is 0.00187. The summed E-state index contributed by atoms with van der Waals surface area (Å²) in [6, 6.07) is 0. The van der Waals surface area contributed by atoms with Gasteiger partial charge in [0.1, 0.15) is 38.1 Å². The fraction of sp³-hybridized carbons (Fsp3) is 0.909. The number of carbonyl (C=O) groups excluding carboxylic acids is 4. The van der Waals surface area contributed by atoms with Crippen molar-refractivity contribution in [2.24, 2.45) is 0 Å². The van der Waals surface area contributed by atoms with Crippen LogP contribution in [0.4, 0.5) is 0 Å². The van der Waals surface area contributed by atoms with E-state index in [0.29, 0.717) is 64.5 Å². The van der Waals surface area contributed by atoms with Crippen LogP contribution >= 0.6 is 0 Å². The number of carbonyl (C=O) groups is 4. The summed E-state index contributed by atoms with van der Waals surface area (Å²) in [5.41, 5.74) is 0. The third-order valence-electron chi connectivity index (χ3n) is 9.04. The van der Waals surface area contributed by atoms with Gasteiger partial charge >= 0.3 is 5.97 Å². The lowest BCUT2D eigenvalue weighted by molar-refractivity contribution is -0.260. The van der Waals surface area contributed by atoms with Gasteiger partial charge in [-0.25, -0.2) is 4.79 Å². The molecule has 0 N–H and O–H groups in total. The Kier molecular flexibility index (Phi) is 41.6. The summed E-state index contributed by atoms with van der Waals surface area (Å²) in [6.07, 6.45) is -3.95. The van der Waals surface area contributed by atoms with E-state index in [0.717, 1.165) is 0 Å². The van der Waals surface area contributed by atoms with Crippen LogP contribution in [-0.4, -0.2) is 247 Å². The van der Waals surface area contributed by atoms with Gasteiger partial charge in [-0.2, -0.15) is 0 Å². The van der Waals surface area contributed by atoms with Gasteiger partial charge in [-0.05, 0) is 20.3 Å². The zero-order valence-corrected chi connectivity index (χ0v) is 41.4. The predicted octanol–water partition coefficient (Wildman–Crippen LogP) is 0.905. The molecule has 1 heterocycles. The van der Waals surface area contributed by atoms with E-state index < -0.39 is 48.9 Å². The van der Waals surface area contributed by atoms with Crippen molar-refractivity contribution < 1.29 is 109 Å². The first-order chi connectivity index (χ1) is 33.1. The van der Waals surface area contributed by atoms with Crippen molar-refractivity contribution >= 4 is 23.6 Å². The Morgan fingerprint density at radius 3 is 1.34 bits per heavy atom. The molecule has 0 aliphatic carbocycles. The molecule has 0 aromatic rings. The normalized spacial score (nSPS) is 15.7. The zero-order chi connectivity index (χ0) is 49.9. The Morgan fingerprint density at radius 2 is 0.853 bits per heavy atom. The van der Waals surface area contributed by atoms with E-state index in [1.807, 2.05) is 13.8 Å². The van der Waals surface area contributed by atoms with Crippen LogP contribution in [0.2, 0.25) is 0 Å². The standard InChI is InChI=1S/C44H81NO23/c1-8-55-26-37(60-20-15-50-3)29-58-32-42(62-22-17-52-5)66-34-44(64-24-19-54-7)67-33-43(63-23-18-53-6)65-31-38(61-21-16-51-4)30-57-28-36(59-9-2)27-56-25-35(46)11-10-12-41(49)68-45-39(47)13-14-40(45)48/h36-38,42-44H,8-34H2,1-7H3. The van der Waals surface area contributed by atoms with Crippen LogP contribution in [0.3, 0.4) is 0 Å². The molecule has 0 saturated carbocycles. The first-order valence-electron chi connectivity index (χ1n) is 23.0. The molecule has 24 heteroatoms. The Hall–Kier alpha value is -2.44. The first kappa shape index (κ1) is 63.6. The minimum Gasteiger partial charge on any atom is -0.382 e. The van der Waals surface area contributed by atoms with Crippen LogP contribution in [0.1, 0.15) is 46.0 Å². The van der Waals surface area contributed by atoms with Gasteiger partial charge in [-0.3, -0.25) is 14.4 Å². The van der Waals surface area contributed by atoms with Gasteiger partial charge in [0, 0.05) is 74.4 Å². The van der Waals surface area contributed by atoms with E-state index >= 15 is 0 Å². The Balaban J connectivity index is 2.79. The van der Waals surface area contributed by atoms with Crippen molar-refractivity contribution in [3.8, 4) is 0 Å². The number of hydrogen-bond donors (Lipinski definition) is 0. The molecular formula is C44H81NO23. The number of ketones is 1. The third-order valence-corrected chi connectivity index (χ3v) is 9.04. The third kappa shape index (κ3) is 34.0. The van der Waals surface area contributed by atoms with Gasteiger partial charge in [-0.1, -0.05) is 0 Å². The number of Topliss-reactive ketones (excluding diaryl/α,β-unsaturated/α-hetero) is 1. The summed E-state index contributed by atoms with van der Waals surface area (Å²) >= 11 is 0. The zero-order valence-electron chi connectivity index (χ0n) is 41.4. The summed E-state index contributed by atoms with van der Waals surface area (Å²) in [5.74, 6) is -2.15. The largest absolute Gasteiger partial charge is 0.382 e. The highest BCUT2D eigenvalue weighted by atomic mass is 16.8. The van der Waals surface area contributed by atoms with Crippen molar-refractivity contribution in [1.82, 2.24) is 5.06 Å². The van der Waals surface area contributed by atoms with Gasteiger partial charge in [0.2, 0.25) is 0 Å². The monoisotopic (exact) mass is 992 g/mol. The molecule has 0 radical (unpaired) electrons. The summed E-state index contributed by atoms with van der Waals surface area (Å²) in [7, 11) is 7.85. The number of imide groups is 1. The molecule has 68 heavy (non-hydrogen) atoms. The van der Waals surface area contributed by atoms with Crippen LogP contribution in [0.5, 0.6) is 0 Å². The molecule has 24 nitrogen and oxygen atoms in total. The van der Waals surface area contributed by atoms with Gasteiger partial charge < -0.3 is 90.1 Å². The highest BCUT2D eigenvalue weighted by Gasteiger charge is 2.32. The molecule has 1 rings (SSSR count). The number of hydrogen-bond acceptors (Lipinski definition) is 23. The Bertz CT molecular complexity index is 1220. The molecule has 1 saturated heterocycles. The number of rotatable bonds is 51. The lowest BCUT2D eigenvalue weighted by atomic mass is 10.2. The van der Waals surface area contributed by atoms with E-state index in [-0.39, 0.29) is 130 Å². The van der Waals surface area contributed by atoms with E-state index in [4.69, 9.17) is 90.1 Å². The van der Waals surface area contributed by atoms with Crippen LogP contribution < -0.4 is 0 Å². The summed E-state index contributed by atoms with van der Waals surface area (Å²) in [4.78, 5) is 52.6. The number of methoxy groups -OCH3 is 5. The molecule has 2 amide bonds. The molecule has 6 atom stereocenters. The van der Waals surface area contributed by atoms with Crippen molar-refractivity contribution in [1.29, 1.82) is 0 Å². The minimum atomic E-state index is -0.895. The van der Waals surface area contributed by atoms with Crippen LogP contribution in [0.25, 0.3) is 0 Å². The molecule has 0 bridgehead atoms. The maximum absolute atomic E-state index is 12.4. The number of nitrogens with zero attached hydrogens (tertiary/aromatic N) is 1. The van der Waals surface area contributed by atoms with Crippen LogP contribution in [0, 0.1) is 0 Å². The molecule has 0 spiro atoms. The lowest BCUT2D eigenvalue weighted by Gasteiger charge is -2.27. The van der Waals surface area contributed by atoms with E-state index in [9.17, 15) is 19.2 Å². The smallest absolute Gasteiger partial charge is 0.333 e. The highest BCUT2D eigenvalue weighted by Crippen LogP contribution is 2.14. The molecule has 1 aliphatic rings. The summed E-state index contributed by atoms with van der Waals surface area (Å²) in [6.45, 7) is 8.20. The molecule has 6 unspecified atom stereocenters. The second-order valence-electron chi connectivity index (χ2n) is 14.6. The molecule has 1 aliphatic heterocycles. The number of ether oxygens (including phenoxy) is 18. The highest BCUT2D eigenvalue weighted by molar-refractivity contribution is 6.01. The van der Waals surface area contributed by atoms with Crippen molar-refractivity contribution in [2.75, 3.05) is 181 Å². The van der Waals surface area contributed by atoms with E-state index in [1.54, 1.807) is 35.5 Å². The molecule has 400 valence electrons. The first-order valence-corrected chi connectivity index (χ1v) is 23.0. The molecular weight excluding hydrogens is 910 g/mol. The second-order valence-corrected chi connectivity index (χ2v) is 14.6. The Labute approximate surface area is 401 Å². The predicted molar refractivity (Wildman–Crippen MR) is 236 cm³/mol. The fourth-order valence-electron chi connectivity index (χ4n) is 5.56. The van der Waals surface area contributed by atoms with Crippen molar-refractivity contribution in [3.63, 3.8) is 0 Å². The van der Waals surface area contributed by atoms with Gasteiger partial charge in [0.05, 0.1) is 112 Å². The van der Waals surface area contributed by atoms with Crippen LogP contribution in [0.15, 0.2) is 0 Å². The maximum atomic E-state index is 12.4. The topological polar surface area (TPSA) is 247 Å². The summed E-state index contributed by atoms with van der Waals surface area (Å²) < 4.78 is 103. The van der Waals surface area contributed by atoms with Crippen molar-refractivity contribution in [2.45, 2.75) is 83.1 Å². The van der Waals surface area contributed by atoms with Gasteiger partial charge in [0.15, 0.2) is 24.7 Å². The van der Waals surface area contributed by atoms with Crippen LogP contribution in [-0.2, 0) is 109 Å². The van der Waals surface area contributed by atoms with Crippen molar-refractivity contribution in [3.05, 3.63) is 0 Å². The average Bonchev–Trinajstić information content (AvgIpc) is 3.64.